The number of nitriles is 1. The maximum atomic E-state index is 11.7. The second-order valence-corrected chi connectivity index (χ2v) is 5.42. The Hall–Kier alpha value is -1.90. The van der Waals surface area contributed by atoms with E-state index in [2.05, 4.69) is 16.4 Å². The van der Waals surface area contributed by atoms with Crippen LogP contribution in [0.2, 0.25) is 0 Å². The van der Waals surface area contributed by atoms with Gasteiger partial charge >= 0.3 is 5.97 Å². The summed E-state index contributed by atoms with van der Waals surface area (Å²) >= 11 is 0. The minimum atomic E-state index is -0.385. The largest absolute Gasteiger partial charge is 0.461 e. The summed E-state index contributed by atoms with van der Waals surface area (Å²) in [6.07, 6.45) is 4.18. The smallest absolute Gasteiger partial charge is 0.358 e. The van der Waals surface area contributed by atoms with E-state index in [0.717, 1.165) is 19.3 Å². The molecule has 1 aromatic heterocycles. The first-order valence-corrected chi connectivity index (χ1v) is 6.09. The lowest BCUT2D eigenvalue weighted by molar-refractivity contribution is -0.174. The van der Waals surface area contributed by atoms with Crippen molar-refractivity contribution >= 4 is 5.97 Å². The molecule has 2 bridgehead atoms. The van der Waals surface area contributed by atoms with Crippen molar-refractivity contribution in [3.63, 3.8) is 0 Å². The van der Waals surface area contributed by atoms with Gasteiger partial charge in [-0.15, -0.1) is 5.10 Å². The fraction of sp³-hybridized carbons (Fsp3) is 0.667. The van der Waals surface area contributed by atoms with Crippen molar-refractivity contribution in [2.45, 2.75) is 32.7 Å². The van der Waals surface area contributed by atoms with Gasteiger partial charge in [0.05, 0.1) is 24.3 Å². The van der Waals surface area contributed by atoms with Crippen LogP contribution in [0.3, 0.4) is 0 Å². The van der Waals surface area contributed by atoms with Gasteiger partial charge in [0.2, 0.25) is 0 Å². The molecule has 1 aromatic rings. The molecular weight excluding hydrogens is 232 g/mol. The first-order chi connectivity index (χ1) is 8.62. The molecule has 6 nitrogen and oxygen atoms in total. The molecule has 0 saturated heterocycles. The third-order valence-corrected chi connectivity index (χ3v) is 3.96. The van der Waals surface area contributed by atoms with Gasteiger partial charge in [-0.3, -0.25) is 0 Å². The molecule has 3 fully saturated rings. The van der Waals surface area contributed by atoms with Crippen LogP contribution in [0.25, 0.3) is 0 Å². The van der Waals surface area contributed by atoms with E-state index in [0.29, 0.717) is 18.8 Å². The van der Waals surface area contributed by atoms with Crippen LogP contribution in [0.1, 0.15) is 36.7 Å². The van der Waals surface area contributed by atoms with Crippen LogP contribution in [0.4, 0.5) is 0 Å². The number of nitrogens with zero attached hydrogens (tertiary/aromatic N) is 4. The zero-order chi connectivity index (χ0) is 12.8. The predicted molar refractivity (Wildman–Crippen MR) is 60.3 cm³/mol. The Labute approximate surface area is 105 Å². The van der Waals surface area contributed by atoms with Gasteiger partial charge in [0.15, 0.2) is 5.69 Å². The molecule has 3 aliphatic carbocycles. The van der Waals surface area contributed by atoms with Crippen molar-refractivity contribution in [1.82, 2.24) is 15.0 Å². The SMILES string of the molecule is CCOC(=O)c1cnnn1CC12CC(C#N)(C1)C2. The summed E-state index contributed by atoms with van der Waals surface area (Å²) in [5.74, 6) is -0.385. The van der Waals surface area contributed by atoms with Gasteiger partial charge in [-0.05, 0) is 31.6 Å². The van der Waals surface area contributed by atoms with Gasteiger partial charge in [0, 0.05) is 6.54 Å². The first-order valence-electron chi connectivity index (χ1n) is 6.09. The molecule has 18 heavy (non-hydrogen) atoms. The maximum Gasteiger partial charge on any atom is 0.358 e. The fourth-order valence-corrected chi connectivity index (χ4v) is 3.34. The van der Waals surface area contributed by atoms with Crippen molar-refractivity contribution < 1.29 is 9.53 Å². The second kappa shape index (κ2) is 3.55. The molecule has 6 heteroatoms. The number of esters is 1. The lowest BCUT2D eigenvalue weighted by atomic mass is 9.36. The molecule has 0 aliphatic heterocycles. The van der Waals surface area contributed by atoms with E-state index < -0.39 is 0 Å². The van der Waals surface area contributed by atoms with E-state index >= 15 is 0 Å². The molecular formula is C12H14N4O2. The number of aromatic nitrogens is 3. The summed E-state index contributed by atoms with van der Waals surface area (Å²) in [4.78, 5) is 11.7. The first kappa shape index (κ1) is 11.2. The zero-order valence-electron chi connectivity index (χ0n) is 10.2. The van der Waals surface area contributed by atoms with Crippen molar-refractivity contribution in [3.05, 3.63) is 11.9 Å². The molecule has 0 unspecified atom stereocenters. The fourth-order valence-electron chi connectivity index (χ4n) is 3.34. The van der Waals surface area contributed by atoms with Gasteiger partial charge in [-0.1, -0.05) is 5.21 Å². The molecule has 1 heterocycles. The molecule has 4 rings (SSSR count). The number of hydrogen-bond acceptors (Lipinski definition) is 5. The number of ether oxygens (including phenoxy) is 1. The van der Waals surface area contributed by atoms with Gasteiger partial charge < -0.3 is 4.74 Å². The maximum absolute atomic E-state index is 11.7. The molecule has 94 valence electrons. The Morgan fingerprint density at radius 1 is 1.61 bits per heavy atom. The third-order valence-electron chi connectivity index (χ3n) is 3.96. The van der Waals surface area contributed by atoms with Crippen molar-refractivity contribution in [1.29, 1.82) is 5.26 Å². The molecule has 0 spiro atoms. The lowest BCUT2D eigenvalue weighted by Gasteiger charge is -2.67. The molecule has 3 saturated carbocycles. The van der Waals surface area contributed by atoms with Crippen LogP contribution in [0.5, 0.6) is 0 Å². The van der Waals surface area contributed by atoms with Crippen LogP contribution in [0.15, 0.2) is 6.20 Å². The Kier molecular flexibility index (Phi) is 2.21. The molecule has 0 radical (unpaired) electrons. The summed E-state index contributed by atoms with van der Waals surface area (Å²) in [6.45, 7) is 2.77. The summed E-state index contributed by atoms with van der Waals surface area (Å²) in [5, 5.41) is 16.7. The van der Waals surface area contributed by atoms with E-state index in [1.165, 1.54) is 6.20 Å². The second-order valence-electron chi connectivity index (χ2n) is 5.42. The highest BCUT2D eigenvalue weighted by Crippen LogP contribution is 2.73. The van der Waals surface area contributed by atoms with E-state index in [9.17, 15) is 4.79 Å². The lowest BCUT2D eigenvalue weighted by Crippen LogP contribution is -2.62. The summed E-state index contributed by atoms with van der Waals surface area (Å²) < 4.78 is 6.56. The van der Waals surface area contributed by atoms with Crippen LogP contribution in [-0.2, 0) is 11.3 Å². The monoisotopic (exact) mass is 246 g/mol. The minimum Gasteiger partial charge on any atom is -0.461 e. The van der Waals surface area contributed by atoms with Crippen molar-refractivity contribution in [2.24, 2.45) is 10.8 Å². The highest BCUT2D eigenvalue weighted by molar-refractivity contribution is 5.87. The average Bonchev–Trinajstić information content (AvgIpc) is 2.69. The predicted octanol–water partition coefficient (Wildman–Crippen LogP) is 1.15. The third kappa shape index (κ3) is 1.43. The molecule has 3 aliphatic rings. The Morgan fingerprint density at radius 2 is 2.33 bits per heavy atom. The van der Waals surface area contributed by atoms with Crippen LogP contribution < -0.4 is 0 Å². The molecule has 0 amide bonds. The Balaban J connectivity index is 1.70. The quantitative estimate of drug-likeness (QED) is 0.744. The topological polar surface area (TPSA) is 80.8 Å². The van der Waals surface area contributed by atoms with Gasteiger partial charge in [0.25, 0.3) is 0 Å². The van der Waals surface area contributed by atoms with Crippen LogP contribution >= 0.6 is 0 Å². The number of hydrogen-bond donors (Lipinski definition) is 0. The van der Waals surface area contributed by atoms with Crippen LogP contribution in [0, 0.1) is 22.2 Å². The van der Waals surface area contributed by atoms with Gasteiger partial charge in [0.1, 0.15) is 0 Å². The van der Waals surface area contributed by atoms with E-state index in [1.807, 2.05) is 0 Å². The zero-order valence-corrected chi connectivity index (χ0v) is 10.2. The highest BCUT2D eigenvalue weighted by Gasteiger charge is 2.68. The van der Waals surface area contributed by atoms with E-state index in [1.54, 1.807) is 11.6 Å². The molecule has 0 atom stereocenters. The number of rotatable bonds is 4. The Bertz CT molecular complexity index is 523. The minimum absolute atomic E-state index is 0.0787. The van der Waals surface area contributed by atoms with Crippen LogP contribution in [-0.4, -0.2) is 27.6 Å². The van der Waals surface area contributed by atoms with Gasteiger partial charge in [-0.25, -0.2) is 9.48 Å². The summed E-state index contributed by atoms with van der Waals surface area (Å²) in [7, 11) is 0. The summed E-state index contributed by atoms with van der Waals surface area (Å²) in [6, 6.07) is 2.37. The Morgan fingerprint density at radius 3 is 2.94 bits per heavy atom. The standard InChI is InChI=1S/C12H14N4O2/c1-2-18-10(17)9-3-14-15-16(9)8-12-4-11(5-12,6-12)7-13/h3H,2,4-6,8H2,1H3. The van der Waals surface area contributed by atoms with Gasteiger partial charge in [-0.2, -0.15) is 5.26 Å². The van der Waals surface area contributed by atoms with E-state index in [4.69, 9.17) is 10.00 Å². The van der Waals surface area contributed by atoms with Crippen molar-refractivity contribution in [3.8, 4) is 6.07 Å². The highest BCUT2D eigenvalue weighted by atomic mass is 16.5. The average molecular weight is 246 g/mol. The number of carbonyl (C=O) groups excluding carboxylic acids is 1. The van der Waals surface area contributed by atoms with Crippen molar-refractivity contribution in [2.75, 3.05) is 6.61 Å². The molecule has 0 N–H and O–H groups in total. The van der Waals surface area contributed by atoms with E-state index in [-0.39, 0.29) is 16.8 Å². The molecule has 0 aromatic carbocycles. The summed E-state index contributed by atoms with van der Waals surface area (Å²) in [5.41, 5.74) is 0.475. The normalized spacial score (nSPS) is 32.0. The number of carbonyl (C=O) groups is 1.